The molecule has 10 heteroatoms. The Bertz CT molecular complexity index is 1100. The topological polar surface area (TPSA) is 129 Å². The number of urea groups is 1. The molecule has 1 atom stereocenters. The van der Waals surface area contributed by atoms with Crippen molar-refractivity contribution >= 4 is 23.8 Å². The standard InChI is InChI=1S/C33H52N6O4/c1-3-5-18-33(22-25-9-7-6-8-10-25)30(41)39(31(34)37-33)24-27-13-11-26(12-14-27)23-35-32(42)36-28-15-19-38(20-16-28)29(40)17-21-43-4-2/h11-14,25,28H,3-10,15-24H2,1-2H3,(H2,34,37)(H2,35,36,42). The van der Waals surface area contributed by atoms with Gasteiger partial charge in [-0.2, -0.15) is 0 Å². The first-order valence-electron chi connectivity index (χ1n) is 16.5. The lowest BCUT2D eigenvalue weighted by Crippen LogP contribution is -2.49. The third-order valence-electron chi connectivity index (χ3n) is 9.21. The second-order valence-electron chi connectivity index (χ2n) is 12.5. The van der Waals surface area contributed by atoms with Gasteiger partial charge in [0, 0.05) is 32.3 Å². The van der Waals surface area contributed by atoms with Gasteiger partial charge in [0.15, 0.2) is 5.96 Å². The van der Waals surface area contributed by atoms with Gasteiger partial charge in [-0.15, -0.1) is 0 Å². The van der Waals surface area contributed by atoms with Crippen LogP contribution in [0.3, 0.4) is 0 Å². The van der Waals surface area contributed by atoms with E-state index in [1.807, 2.05) is 36.1 Å². The Labute approximate surface area is 257 Å². The van der Waals surface area contributed by atoms with Gasteiger partial charge in [0.25, 0.3) is 5.91 Å². The molecule has 3 aliphatic rings. The van der Waals surface area contributed by atoms with E-state index in [2.05, 4.69) is 17.6 Å². The number of rotatable bonds is 14. The summed E-state index contributed by atoms with van der Waals surface area (Å²) < 4.78 is 5.28. The predicted octanol–water partition coefficient (Wildman–Crippen LogP) is 4.46. The summed E-state index contributed by atoms with van der Waals surface area (Å²) in [6.07, 6.45) is 11.6. The van der Waals surface area contributed by atoms with Crippen LogP contribution in [0.1, 0.15) is 102 Å². The molecular weight excluding hydrogens is 544 g/mol. The highest BCUT2D eigenvalue weighted by atomic mass is 16.5. The Morgan fingerprint density at radius 2 is 1.74 bits per heavy atom. The summed E-state index contributed by atoms with van der Waals surface area (Å²) in [5, 5.41) is 5.98. The Hall–Kier alpha value is -3.14. The number of hydrogen-bond donors (Lipinski definition) is 3. The number of unbranched alkanes of at least 4 members (excludes halogenated alkanes) is 1. The molecule has 2 fully saturated rings. The SMILES string of the molecule is CCCCC1(CC2CCCCC2)N=C(N)N(Cc2ccc(CNC(=O)NC3CCN(C(=O)CCOCC)CC3)cc2)C1=O. The zero-order chi connectivity index (χ0) is 30.7. The Kier molecular flexibility index (Phi) is 12.3. The molecule has 0 aromatic heterocycles. The monoisotopic (exact) mass is 596 g/mol. The van der Waals surface area contributed by atoms with E-state index in [1.165, 1.54) is 32.1 Å². The van der Waals surface area contributed by atoms with E-state index in [1.54, 1.807) is 4.90 Å². The quantitative estimate of drug-likeness (QED) is 0.273. The summed E-state index contributed by atoms with van der Waals surface area (Å²) in [7, 11) is 0. The van der Waals surface area contributed by atoms with Crippen LogP contribution in [-0.2, 0) is 27.4 Å². The smallest absolute Gasteiger partial charge is 0.315 e. The number of nitrogens with two attached hydrogens (primary N) is 1. The fraction of sp³-hybridized carbons (Fsp3) is 0.697. The average molecular weight is 597 g/mol. The lowest BCUT2D eigenvalue weighted by molar-refractivity contribution is -0.133. The maximum absolute atomic E-state index is 13.8. The first-order valence-corrected chi connectivity index (χ1v) is 16.5. The highest BCUT2D eigenvalue weighted by Gasteiger charge is 2.48. The van der Waals surface area contributed by atoms with Gasteiger partial charge in [0.2, 0.25) is 5.91 Å². The summed E-state index contributed by atoms with van der Waals surface area (Å²) in [6, 6.07) is 7.76. The maximum atomic E-state index is 13.8. The van der Waals surface area contributed by atoms with Crippen LogP contribution in [0.2, 0.25) is 0 Å². The van der Waals surface area contributed by atoms with E-state index in [4.69, 9.17) is 15.5 Å². The molecule has 4 N–H and O–H groups in total. The van der Waals surface area contributed by atoms with E-state index in [0.29, 0.717) is 57.7 Å². The van der Waals surface area contributed by atoms with Gasteiger partial charge < -0.3 is 26.0 Å². The van der Waals surface area contributed by atoms with Crippen LogP contribution in [0.25, 0.3) is 0 Å². The van der Waals surface area contributed by atoms with Gasteiger partial charge in [0.1, 0.15) is 5.54 Å². The summed E-state index contributed by atoms with van der Waals surface area (Å²) >= 11 is 0. The van der Waals surface area contributed by atoms with E-state index in [9.17, 15) is 14.4 Å². The van der Waals surface area contributed by atoms with Crippen molar-refractivity contribution in [1.82, 2.24) is 20.4 Å². The lowest BCUT2D eigenvalue weighted by Gasteiger charge is -2.32. The Morgan fingerprint density at radius 1 is 1.05 bits per heavy atom. The number of hydrogen-bond acceptors (Lipinski definition) is 6. The van der Waals surface area contributed by atoms with Gasteiger partial charge >= 0.3 is 6.03 Å². The highest BCUT2D eigenvalue weighted by Crippen LogP contribution is 2.39. The number of piperidine rings is 1. The number of likely N-dealkylation sites (tertiary alicyclic amines) is 1. The minimum Gasteiger partial charge on any atom is -0.381 e. The van der Waals surface area contributed by atoms with Gasteiger partial charge in [-0.05, 0) is 49.7 Å². The van der Waals surface area contributed by atoms with Crippen molar-refractivity contribution in [1.29, 1.82) is 0 Å². The minimum absolute atomic E-state index is 0.0472. The summed E-state index contributed by atoms with van der Waals surface area (Å²) in [6.45, 7) is 7.22. The Balaban J connectivity index is 1.22. The molecule has 238 valence electrons. The van der Waals surface area contributed by atoms with Crippen molar-refractivity contribution < 1.29 is 19.1 Å². The number of carbonyl (C=O) groups excluding carboxylic acids is 3. The number of ether oxygens (including phenoxy) is 1. The van der Waals surface area contributed by atoms with Gasteiger partial charge in [-0.3, -0.25) is 14.5 Å². The first-order chi connectivity index (χ1) is 20.8. The van der Waals surface area contributed by atoms with Crippen molar-refractivity contribution in [3.8, 4) is 0 Å². The summed E-state index contributed by atoms with van der Waals surface area (Å²) in [5.74, 6) is 1.04. The number of aliphatic imine (C=N–C) groups is 1. The molecule has 1 aromatic carbocycles. The molecule has 10 nitrogen and oxygen atoms in total. The lowest BCUT2D eigenvalue weighted by atomic mass is 9.77. The number of benzene rings is 1. The van der Waals surface area contributed by atoms with Crippen LogP contribution in [0, 0.1) is 5.92 Å². The Morgan fingerprint density at radius 3 is 2.42 bits per heavy atom. The molecule has 2 aliphatic heterocycles. The number of nitrogens with one attached hydrogen (secondary N) is 2. The maximum Gasteiger partial charge on any atom is 0.315 e. The summed E-state index contributed by atoms with van der Waals surface area (Å²) in [5.41, 5.74) is 7.62. The summed E-state index contributed by atoms with van der Waals surface area (Å²) in [4.78, 5) is 47.0. The minimum atomic E-state index is -0.713. The molecule has 1 saturated heterocycles. The number of guanidine groups is 1. The fourth-order valence-electron chi connectivity index (χ4n) is 6.67. The van der Waals surface area contributed by atoms with Crippen molar-refractivity contribution in [2.24, 2.45) is 16.6 Å². The molecule has 1 aliphatic carbocycles. The van der Waals surface area contributed by atoms with E-state index < -0.39 is 5.54 Å². The molecule has 1 unspecified atom stereocenters. The molecule has 4 rings (SSSR count). The molecule has 0 radical (unpaired) electrons. The third kappa shape index (κ3) is 9.17. The normalized spacial score (nSPS) is 21.6. The second kappa shape index (κ2) is 16.1. The van der Waals surface area contributed by atoms with Crippen LogP contribution in [0.5, 0.6) is 0 Å². The van der Waals surface area contributed by atoms with Crippen molar-refractivity contribution in [2.45, 2.75) is 116 Å². The van der Waals surface area contributed by atoms with Crippen LogP contribution in [0.15, 0.2) is 29.3 Å². The van der Waals surface area contributed by atoms with Crippen molar-refractivity contribution in [3.63, 3.8) is 0 Å². The van der Waals surface area contributed by atoms with Crippen LogP contribution in [-0.4, -0.2) is 71.5 Å². The zero-order valence-electron chi connectivity index (χ0n) is 26.2. The van der Waals surface area contributed by atoms with E-state index in [0.717, 1.165) is 49.7 Å². The van der Waals surface area contributed by atoms with Crippen molar-refractivity contribution in [2.75, 3.05) is 26.3 Å². The molecule has 2 heterocycles. The highest BCUT2D eigenvalue weighted by molar-refractivity contribution is 6.06. The number of nitrogens with zero attached hydrogens (tertiary/aromatic N) is 3. The molecule has 1 saturated carbocycles. The number of amides is 4. The molecule has 0 spiro atoms. The zero-order valence-corrected chi connectivity index (χ0v) is 26.2. The molecule has 0 bridgehead atoms. The molecular formula is C33H52N6O4. The average Bonchev–Trinajstić information content (AvgIpc) is 3.24. The van der Waals surface area contributed by atoms with Crippen LogP contribution >= 0.6 is 0 Å². The predicted molar refractivity (Wildman–Crippen MR) is 168 cm³/mol. The van der Waals surface area contributed by atoms with E-state index in [-0.39, 0.29) is 23.9 Å². The van der Waals surface area contributed by atoms with Crippen LogP contribution < -0.4 is 16.4 Å². The van der Waals surface area contributed by atoms with Gasteiger partial charge in [-0.1, -0.05) is 76.1 Å². The first kappa shape index (κ1) is 32.8. The van der Waals surface area contributed by atoms with E-state index >= 15 is 0 Å². The fourth-order valence-corrected chi connectivity index (χ4v) is 6.67. The largest absolute Gasteiger partial charge is 0.381 e. The third-order valence-corrected chi connectivity index (χ3v) is 9.21. The van der Waals surface area contributed by atoms with Gasteiger partial charge in [0.05, 0.1) is 19.6 Å². The molecule has 1 aromatic rings. The second-order valence-corrected chi connectivity index (χ2v) is 12.5. The molecule has 43 heavy (non-hydrogen) atoms. The number of carbonyl (C=O) groups is 3. The van der Waals surface area contributed by atoms with Crippen molar-refractivity contribution in [3.05, 3.63) is 35.4 Å². The van der Waals surface area contributed by atoms with Gasteiger partial charge in [-0.25, -0.2) is 9.79 Å². The molecule has 4 amide bonds. The van der Waals surface area contributed by atoms with Crippen LogP contribution in [0.4, 0.5) is 4.79 Å².